The molecule has 0 saturated carbocycles. The number of nitrogens with zero attached hydrogens (tertiary/aromatic N) is 1. The largest absolute Gasteiger partial charge is 0.314 e. The van der Waals surface area contributed by atoms with Crippen LogP contribution in [-0.4, -0.2) is 17.5 Å². The summed E-state index contributed by atoms with van der Waals surface area (Å²) in [6.07, 6.45) is 0.610. The highest BCUT2D eigenvalue weighted by Crippen LogP contribution is 2.20. The Morgan fingerprint density at radius 3 is 2.56 bits per heavy atom. The van der Waals surface area contributed by atoms with Crippen LogP contribution in [0.5, 0.6) is 0 Å². The lowest BCUT2D eigenvalue weighted by Crippen LogP contribution is -2.38. The van der Waals surface area contributed by atoms with E-state index in [2.05, 4.69) is 5.32 Å². The number of nitro benzene ring substituents is 1. The predicted molar refractivity (Wildman–Crippen MR) is 59.9 cm³/mol. The first-order valence-corrected chi connectivity index (χ1v) is 4.97. The van der Waals surface area contributed by atoms with Crippen molar-refractivity contribution in [3.63, 3.8) is 0 Å². The van der Waals surface area contributed by atoms with E-state index in [0.29, 0.717) is 6.42 Å². The van der Waals surface area contributed by atoms with Gasteiger partial charge in [-0.2, -0.15) is 4.39 Å². The number of nitrogens with one attached hydrogen (secondary N) is 1. The van der Waals surface area contributed by atoms with Gasteiger partial charge in [-0.25, -0.2) is 0 Å². The fourth-order valence-corrected chi connectivity index (χ4v) is 1.41. The number of rotatable bonds is 4. The number of hydrogen-bond acceptors (Lipinski definition) is 3. The third-order valence-electron chi connectivity index (χ3n) is 2.53. The molecule has 0 aromatic heterocycles. The smallest absolute Gasteiger partial charge is 0.304 e. The van der Waals surface area contributed by atoms with Gasteiger partial charge in [-0.1, -0.05) is 6.07 Å². The van der Waals surface area contributed by atoms with Crippen molar-refractivity contribution in [3.8, 4) is 0 Å². The normalized spacial score (nSPS) is 11.5. The van der Waals surface area contributed by atoms with Crippen LogP contribution in [-0.2, 0) is 6.42 Å². The Morgan fingerprint density at radius 1 is 1.50 bits per heavy atom. The summed E-state index contributed by atoms with van der Waals surface area (Å²) in [5.41, 5.74) is 0.0937. The fraction of sp³-hybridized carbons (Fsp3) is 0.455. The van der Waals surface area contributed by atoms with Gasteiger partial charge >= 0.3 is 5.69 Å². The molecule has 0 heterocycles. The molecule has 88 valence electrons. The minimum absolute atomic E-state index is 0.164. The first-order chi connectivity index (χ1) is 7.35. The Bertz CT molecular complexity index is 405. The quantitative estimate of drug-likeness (QED) is 0.633. The van der Waals surface area contributed by atoms with Gasteiger partial charge in [0.25, 0.3) is 0 Å². The maximum Gasteiger partial charge on any atom is 0.304 e. The van der Waals surface area contributed by atoms with E-state index in [4.69, 9.17) is 0 Å². The number of benzene rings is 1. The van der Waals surface area contributed by atoms with Gasteiger partial charge in [-0.05, 0) is 38.9 Å². The molecule has 0 aliphatic heterocycles. The van der Waals surface area contributed by atoms with E-state index in [-0.39, 0.29) is 5.54 Å². The van der Waals surface area contributed by atoms with Crippen LogP contribution in [0.2, 0.25) is 0 Å². The first kappa shape index (κ1) is 12.6. The van der Waals surface area contributed by atoms with Gasteiger partial charge in [-0.15, -0.1) is 0 Å². The molecule has 0 amide bonds. The lowest BCUT2D eigenvalue weighted by atomic mass is 9.95. The molecule has 5 heteroatoms. The summed E-state index contributed by atoms with van der Waals surface area (Å²) in [4.78, 5) is 9.71. The zero-order valence-corrected chi connectivity index (χ0v) is 9.58. The SMILES string of the molecule is CNC(C)(C)Cc1ccc([N+](=O)[O-])c(F)c1. The summed E-state index contributed by atoms with van der Waals surface area (Å²) in [5, 5.41) is 13.5. The summed E-state index contributed by atoms with van der Waals surface area (Å²) < 4.78 is 13.3. The van der Waals surface area contributed by atoms with E-state index < -0.39 is 16.4 Å². The Balaban J connectivity index is 2.94. The first-order valence-electron chi connectivity index (χ1n) is 4.97. The molecule has 1 aromatic rings. The standard InChI is InChI=1S/C11H15FN2O2/c1-11(2,13-3)7-8-4-5-10(14(15)16)9(12)6-8/h4-6,13H,7H2,1-3H3. The van der Waals surface area contributed by atoms with Crippen LogP contribution < -0.4 is 5.32 Å². The number of likely N-dealkylation sites (N-methyl/N-ethyl adjacent to an activating group) is 1. The van der Waals surface area contributed by atoms with Gasteiger partial charge in [0.2, 0.25) is 5.82 Å². The van der Waals surface area contributed by atoms with Crippen LogP contribution in [0.15, 0.2) is 18.2 Å². The van der Waals surface area contributed by atoms with Crippen molar-refractivity contribution >= 4 is 5.69 Å². The van der Waals surface area contributed by atoms with Gasteiger partial charge in [0.1, 0.15) is 0 Å². The van der Waals surface area contributed by atoms with Crippen molar-refractivity contribution in [2.24, 2.45) is 0 Å². The average molecular weight is 226 g/mol. The third-order valence-corrected chi connectivity index (χ3v) is 2.53. The molecule has 0 aliphatic carbocycles. The Morgan fingerprint density at radius 2 is 2.12 bits per heavy atom. The molecule has 16 heavy (non-hydrogen) atoms. The van der Waals surface area contributed by atoms with Crippen LogP contribution in [0.1, 0.15) is 19.4 Å². The minimum atomic E-state index is -0.783. The molecule has 1 aromatic carbocycles. The number of hydrogen-bond donors (Lipinski definition) is 1. The molecule has 0 atom stereocenters. The van der Waals surface area contributed by atoms with Gasteiger partial charge in [0, 0.05) is 11.6 Å². The lowest BCUT2D eigenvalue weighted by Gasteiger charge is -2.23. The highest BCUT2D eigenvalue weighted by atomic mass is 19.1. The molecule has 0 fully saturated rings. The summed E-state index contributed by atoms with van der Waals surface area (Å²) in [5.74, 6) is -0.783. The maximum atomic E-state index is 13.3. The second-order valence-electron chi connectivity index (χ2n) is 4.35. The van der Waals surface area contributed by atoms with Crippen LogP contribution in [0.4, 0.5) is 10.1 Å². The van der Waals surface area contributed by atoms with Crippen LogP contribution in [0, 0.1) is 15.9 Å². The van der Waals surface area contributed by atoms with Crippen molar-refractivity contribution in [2.45, 2.75) is 25.8 Å². The topological polar surface area (TPSA) is 55.2 Å². The molecular formula is C11H15FN2O2. The predicted octanol–water partition coefficient (Wildman–Crippen LogP) is 2.27. The van der Waals surface area contributed by atoms with E-state index in [0.717, 1.165) is 5.56 Å². The Kier molecular flexibility index (Phi) is 3.59. The summed E-state index contributed by atoms with van der Waals surface area (Å²) in [6.45, 7) is 3.96. The number of halogens is 1. The second kappa shape index (κ2) is 4.57. The molecule has 0 aliphatic rings. The fourth-order valence-electron chi connectivity index (χ4n) is 1.41. The van der Waals surface area contributed by atoms with Crippen LogP contribution in [0.3, 0.4) is 0 Å². The minimum Gasteiger partial charge on any atom is -0.314 e. The van der Waals surface area contributed by atoms with Crippen molar-refractivity contribution in [1.82, 2.24) is 5.32 Å². The van der Waals surface area contributed by atoms with E-state index in [1.54, 1.807) is 6.07 Å². The molecule has 0 unspecified atom stereocenters. The van der Waals surface area contributed by atoms with E-state index >= 15 is 0 Å². The molecule has 0 saturated heterocycles. The van der Waals surface area contributed by atoms with Gasteiger partial charge in [0.15, 0.2) is 0 Å². The van der Waals surface area contributed by atoms with E-state index in [1.807, 2.05) is 20.9 Å². The van der Waals surface area contributed by atoms with Crippen LogP contribution in [0.25, 0.3) is 0 Å². The lowest BCUT2D eigenvalue weighted by molar-refractivity contribution is -0.387. The van der Waals surface area contributed by atoms with E-state index in [1.165, 1.54) is 12.1 Å². The molecule has 1 N–H and O–H groups in total. The molecule has 1 rings (SSSR count). The van der Waals surface area contributed by atoms with Gasteiger partial charge in [-0.3, -0.25) is 10.1 Å². The van der Waals surface area contributed by atoms with Gasteiger partial charge < -0.3 is 5.32 Å². The zero-order valence-electron chi connectivity index (χ0n) is 9.58. The monoisotopic (exact) mass is 226 g/mol. The third kappa shape index (κ3) is 3.00. The van der Waals surface area contributed by atoms with E-state index in [9.17, 15) is 14.5 Å². The van der Waals surface area contributed by atoms with Crippen molar-refractivity contribution in [3.05, 3.63) is 39.7 Å². The second-order valence-corrected chi connectivity index (χ2v) is 4.35. The summed E-state index contributed by atoms with van der Waals surface area (Å²) in [6, 6.07) is 4.01. The molecule has 0 spiro atoms. The maximum absolute atomic E-state index is 13.3. The van der Waals surface area contributed by atoms with Crippen molar-refractivity contribution in [2.75, 3.05) is 7.05 Å². The molecule has 0 bridgehead atoms. The highest BCUT2D eigenvalue weighted by molar-refractivity contribution is 5.35. The van der Waals surface area contributed by atoms with Crippen molar-refractivity contribution in [1.29, 1.82) is 0 Å². The van der Waals surface area contributed by atoms with Crippen molar-refractivity contribution < 1.29 is 9.31 Å². The summed E-state index contributed by atoms with van der Waals surface area (Å²) in [7, 11) is 1.82. The van der Waals surface area contributed by atoms with Gasteiger partial charge in [0.05, 0.1) is 4.92 Å². The molecule has 0 radical (unpaired) electrons. The average Bonchev–Trinajstić information content (AvgIpc) is 2.16. The highest BCUT2D eigenvalue weighted by Gasteiger charge is 2.18. The number of nitro groups is 1. The molecular weight excluding hydrogens is 211 g/mol. The molecule has 4 nitrogen and oxygen atoms in total. The zero-order chi connectivity index (χ0) is 12.3. The van der Waals surface area contributed by atoms with Crippen LogP contribution >= 0.6 is 0 Å². The summed E-state index contributed by atoms with van der Waals surface area (Å²) >= 11 is 0. The Labute approximate surface area is 93.6 Å². The Hall–Kier alpha value is -1.49.